The molecule has 0 aliphatic carbocycles. The molecule has 1 aromatic heterocycles. The topological polar surface area (TPSA) is 54.5 Å². The maximum atomic E-state index is 8.89. The van der Waals surface area contributed by atoms with Gasteiger partial charge in [0.15, 0.2) is 11.0 Å². The Bertz CT molecular complexity index is 659. The average Bonchev–Trinajstić information content (AvgIpc) is 2.79. The van der Waals surface area contributed by atoms with Gasteiger partial charge < -0.3 is 4.57 Å². The Morgan fingerprint density at radius 1 is 1.19 bits per heavy atom. The van der Waals surface area contributed by atoms with Gasteiger partial charge in [0.1, 0.15) is 0 Å². The maximum Gasteiger partial charge on any atom is 0.192 e. The first-order valence-corrected chi connectivity index (χ1v) is 7.77. The Hall–Kier alpha value is -1.80. The molecule has 0 unspecified atom stereocenters. The van der Waals surface area contributed by atoms with Gasteiger partial charge in [0.2, 0.25) is 0 Å². The van der Waals surface area contributed by atoms with E-state index < -0.39 is 0 Å². The standard InChI is InChI=1S/C16H20N4S/c1-11(10-17)21-15-19-18-14(20(15)5)12-6-8-13(9-7-12)16(2,3)4/h6-9,11H,1-5H3/t11-/m0/s1. The van der Waals surface area contributed by atoms with E-state index in [1.54, 1.807) is 0 Å². The van der Waals surface area contributed by atoms with Crippen LogP contribution in [0, 0.1) is 11.3 Å². The third-order valence-corrected chi connectivity index (χ3v) is 4.33. The summed E-state index contributed by atoms with van der Waals surface area (Å²) in [7, 11) is 1.93. The largest absolute Gasteiger partial charge is 0.305 e. The highest BCUT2D eigenvalue weighted by molar-refractivity contribution is 8.00. The first kappa shape index (κ1) is 15.6. The van der Waals surface area contributed by atoms with E-state index in [1.807, 2.05) is 18.5 Å². The van der Waals surface area contributed by atoms with Gasteiger partial charge in [0.05, 0.1) is 11.3 Å². The van der Waals surface area contributed by atoms with Crippen LogP contribution in [0.4, 0.5) is 0 Å². The van der Waals surface area contributed by atoms with Crippen LogP contribution in [0.3, 0.4) is 0 Å². The fraction of sp³-hybridized carbons (Fsp3) is 0.438. The Labute approximate surface area is 130 Å². The maximum absolute atomic E-state index is 8.89. The fourth-order valence-corrected chi connectivity index (χ4v) is 2.67. The smallest absolute Gasteiger partial charge is 0.192 e. The summed E-state index contributed by atoms with van der Waals surface area (Å²) in [5.74, 6) is 0.822. The van der Waals surface area contributed by atoms with E-state index in [9.17, 15) is 0 Å². The molecule has 0 bridgehead atoms. The van der Waals surface area contributed by atoms with Crippen LogP contribution in [0.25, 0.3) is 11.4 Å². The highest BCUT2D eigenvalue weighted by atomic mass is 32.2. The summed E-state index contributed by atoms with van der Waals surface area (Å²) in [6.07, 6.45) is 0. The zero-order chi connectivity index (χ0) is 15.6. The zero-order valence-electron chi connectivity index (χ0n) is 13.1. The number of hydrogen-bond acceptors (Lipinski definition) is 4. The van der Waals surface area contributed by atoms with Crippen molar-refractivity contribution in [2.24, 2.45) is 7.05 Å². The Morgan fingerprint density at radius 2 is 1.81 bits per heavy atom. The second kappa shape index (κ2) is 5.90. The number of thioether (sulfide) groups is 1. The molecular weight excluding hydrogens is 280 g/mol. The lowest BCUT2D eigenvalue weighted by Crippen LogP contribution is -2.10. The minimum Gasteiger partial charge on any atom is -0.305 e. The molecule has 110 valence electrons. The molecule has 0 saturated heterocycles. The van der Waals surface area contributed by atoms with Gasteiger partial charge >= 0.3 is 0 Å². The molecule has 0 N–H and O–H groups in total. The molecular formula is C16H20N4S. The van der Waals surface area contributed by atoms with Crippen molar-refractivity contribution in [3.8, 4) is 17.5 Å². The summed E-state index contributed by atoms with van der Waals surface area (Å²) in [4.78, 5) is 0. The Kier molecular flexibility index (Phi) is 4.38. The van der Waals surface area contributed by atoms with E-state index in [4.69, 9.17) is 5.26 Å². The van der Waals surface area contributed by atoms with Crippen molar-refractivity contribution in [1.82, 2.24) is 14.8 Å². The molecule has 0 fully saturated rings. The second-order valence-electron chi connectivity index (χ2n) is 6.08. The first-order valence-electron chi connectivity index (χ1n) is 6.89. The summed E-state index contributed by atoms with van der Waals surface area (Å²) in [6.45, 7) is 8.45. The van der Waals surface area contributed by atoms with Crippen LogP contribution < -0.4 is 0 Å². The van der Waals surface area contributed by atoms with Crippen LogP contribution in [0.1, 0.15) is 33.3 Å². The predicted molar refractivity (Wildman–Crippen MR) is 86.1 cm³/mol. The van der Waals surface area contributed by atoms with Crippen LogP contribution in [-0.4, -0.2) is 20.0 Å². The van der Waals surface area contributed by atoms with Gasteiger partial charge in [0.25, 0.3) is 0 Å². The van der Waals surface area contributed by atoms with E-state index in [-0.39, 0.29) is 10.7 Å². The molecule has 0 spiro atoms. The molecule has 2 rings (SSSR count). The molecule has 1 heterocycles. The highest BCUT2D eigenvalue weighted by Crippen LogP contribution is 2.27. The van der Waals surface area contributed by atoms with Crippen LogP contribution >= 0.6 is 11.8 Å². The molecule has 21 heavy (non-hydrogen) atoms. The third kappa shape index (κ3) is 3.45. The van der Waals surface area contributed by atoms with Crippen LogP contribution in [0.2, 0.25) is 0 Å². The van der Waals surface area contributed by atoms with Gasteiger partial charge in [-0.05, 0) is 17.9 Å². The van der Waals surface area contributed by atoms with Gasteiger partial charge in [-0.3, -0.25) is 0 Å². The zero-order valence-corrected chi connectivity index (χ0v) is 13.9. The molecule has 1 atom stereocenters. The summed E-state index contributed by atoms with van der Waals surface area (Å²) >= 11 is 1.42. The average molecular weight is 300 g/mol. The fourth-order valence-electron chi connectivity index (χ4n) is 1.97. The molecule has 5 heteroatoms. The Morgan fingerprint density at radius 3 is 2.33 bits per heavy atom. The molecule has 2 aromatic rings. The van der Waals surface area contributed by atoms with Crippen LogP contribution in [0.5, 0.6) is 0 Å². The number of nitriles is 1. The van der Waals surface area contributed by atoms with E-state index >= 15 is 0 Å². The van der Waals surface area contributed by atoms with E-state index in [2.05, 4.69) is 61.3 Å². The van der Waals surface area contributed by atoms with Crippen molar-refractivity contribution in [1.29, 1.82) is 5.26 Å². The van der Waals surface area contributed by atoms with Crippen molar-refractivity contribution in [2.45, 2.75) is 43.5 Å². The lowest BCUT2D eigenvalue weighted by atomic mass is 9.87. The minimum absolute atomic E-state index is 0.135. The van der Waals surface area contributed by atoms with E-state index in [0.717, 1.165) is 16.5 Å². The van der Waals surface area contributed by atoms with Crippen molar-refractivity contribution in [2.75, 3.05) is 0 Å². The number of nitrogens with zero attached hydrogens (tertiary/aromatic N) is 4. The number of benzene rings is 1. The molecule has 0 radical (unpaired) electrons. The van der Waals surface area contributed by atoms with Gasteiger partial charge in [-0.2, -0.15) is 5.26 Å². The van der Waals surface area contributed by atoms with E-state index in [1.165, 1.54) is 17.3 Å². The third-order valence-electron chi connectivity index (χ3n) is 3.31. The van der Waals surface area contributed by atoms with Crippen molar-refractivity contribution < 1.29 is 0 Å². The molecule has 0 amide bonds. The summed E-state index contributed by atoms with van der Waals surface area (Å²) in [5, 5.41) is 17.9. The van der Waals surface area contributed by atoms with Crippen molar-refractivity contribution >= 4 is 11.8 Å². The van der Waals surface area contributed by atoms with Crippen LogP contribution in [-0.2, 0) is 12.5 Å². The molecule has 0 aliphatic heterocycles. The van der Waals surface area contributed by atoms with Crippen molar-refractivity contribution in [3.05, 3.63) is 29.8 Å². The van der Waals surface area contributed by atoms with Crippen molar-refractivity contribution in [3.63, 3.8) is 0 Å². The van der Waals surface area contributed by atoms with Gasteiger partial charge in [0, 0.05) is 12.6 Å². The quantitative estimate of drug-likeness (QED) is 0.809. The molecule has 4 nitrogen and oxygen atoms in total. The first-order chi connectivity index (χ1) is 9.82. The van der Waals surface area contributed by atoms with Gasteiger partial charge in [-0.1, -0.05) is 56.8 Å². The number of hydrogen-bond donors (Lipinski definition) is 0. The predicted octanol–water partition coefficient (Wildman–Crippen LogP) is 3.78. The lowest BCUT2D eigenvalue weighted by Gasteiger charge is -2.19. The van der Waals surface area contributed by atoms with Gasteiger partial charge in [-0.25, -0.2) is 0 Å². The summed E-state index contributed by atoms with van der Waals surface area (Å²) < 4.78 is 1.94. The normalized spacial score (nSPS) is 13.0. The SMILES string of the molecule is C[C@@H](C#N)Sc1nnc(-c2ccc(C(C)(C)C)cc2)n1C. The van der Waals surface area contributed by atoms with Gasteiger partial charge in [-0.15, -0.1) is 10.2 Å². The molecule has 0 saturated carbocycles. The summed E-state index contributed by atoms with van der Waals surface area (Å²) in [6, 6.07) is 10.6. The highest BCUT2D eigenvalue weighted by Gasteiger charge is 2.16. The monoisotopic (exact) mass is 300 g/mol. The van der Waals surface area contributed by atoms with E-state index in [0.29, 0.717) is 0 Å². The lowest BCUT2D eigenvalue weighted by molar-refractivity contribution is 0.590. The Balaban J connectivity index is 2.29. The molecule has 0 aliphatic rings. The summed E-state index contributed by atoms with van der Waals surface area (Å²) in [5.41, 5.74) is 2.47. The second-order valence-corrected chi connectivity index (χ2v) is 7.39. The number of aromatic nitrogens is 3. The minimum atomic E-state index is -0.135. The van der Waals surface area contributed by atoms with Crippen LogP contribution in [0.15, 0.2) is 29.4 Å². The number of rotatable bonds is 3. The molecule has 1 aromatic carbocycles.